The summed E-state index contributed by atoms with van der Waals surface area (Å²) in [7, 11) is 0. The third-order valence-corrected chi connectivity index (χ3v) is 3.54. The number of hydrogen-bond donors (Lipinski definition) is 1. The SMILES string of the molecule is C[C@@H]1CN(Cc2cccc(-n3cccn3)c2)CCN1. The van der Waals surface area contributed by atoms with Crippen LogP contribution >= 0.6 is 0 Å². The molecule has 0 radical (unpaired) electrons. The highest BCUT2D eigenvalue weighted by Gasteiger charge is 2.15. The number of piperazine rings is 1. The summed E-state index contributed by atoms with van der Waals surface area (Å²) in [5, 5.41) is 7.76. The smallest absolute Gasteiger partial charge is 0.0648 e. The van der Waals surface area contributed by atoms with E-state index in [9.17, 15) is 0 Å². The van der Waals surface area contributed by atoms with Crippen LogP contribution in [0.25, 0.3) is 5.69 Å². The molecule has 100 valence electrons. The Morgan fingerprint density at radius 1 is 1.37 bits per heavy atom. The molecule has 1 fully saturated rings. The molecule has 0 unspecified atom stereocenters. The summed E-state index contributed by atoms with van der Waals surface area (Å²) in [6.45, 7) is 6.58. The van der Waals surface area contributed by atoms with Crippen LogP contribution in [0.3, 0.4) is 0 Å². The topological polar surface area (TPSA) is 33.1 Å². The van der Waals surface area contributed by atoms with E-state index in [1.165, 1.54) is 5.56 Å². The molecule has 2 aromatic rings. The van der Waals surface area contributed by atoms with E-state index in [4.69, 9.17) is 0 Å². The monoisotopic (exact) mass is 256 g/mol. The van der Waals surface area contributed by atoms with E-state index in [2.05, 4.69) is 46.5 Å². The lowest BCUT2D eigenvalue weighted by Crippen LogP contribution is -2.48. The minimum atomic E-state index is 0.586. The van der Waals surface area contributed by atoms with Crippen molar-refractivity contribution >= 4 is 0 Å². The van der Waals surface area contributed by atoms with E-state index in [-0.39, 0.29) is 0 Å². The summed E-state index contributed by atoms with van der Waals surface area (Å²) in [6.07, 6.45) is 3.79. The van der Waals surface area contributed by atoms with Crippen molar-refractivity contribution in [1.29, 1.82) is 0 Å². The first-order valence-electron chi connectivity index (χ1n) is 6.86. The van der Waals surface area contributed by atoms with Crippen molar-refractivity contribution in [2.45, 2.75) is 19.5 Å². The van der Waals surface area contributed by atoms with Crippen LogP contribution in [-0.2, 0) is 6.54 Å². The fourth-order valence-corrected chi connectivity index (χ4v) is 2.63. The number of aromatic nitrogens is 2. The predicted octanol–water partition coefficient (Wildman–Crippen LogP) is 1.67. The lowest BCUT2D eigenvalue weighted by atomic mass is 10.1. The molecule has 1 aliphatic heterocycles. The molecular weight excluding hydrogens is 236 g/mol. The Bertz CT molecular complexity index is 521. The molecule has 1 N–H and O–H groups in total. The predicted molar refractivity (Wildman–Crippen MR) is 76.3 cm³/mol. The molecule has 0 saturated carbocycles. The molecule has 1 atom stereocenters. The molecule has 1 aliphatic rings. The molecule has 1 aromatic heterocycles. The van der Waals surface area contributed by atoms with Crippen LogP contribution in [0.2, 0.25) is 0 Å². The molecule has 0 bridgehead atoms. The maximum absolute atomic E-state index is 4.28. The van der Waals surface area contributed by atoms with Gasteiger partial charge in [0.1, 0.15) is 0 Å². The van der Waals surface area contributed by atoms with Crippen molar-refractivity contribution in [3.63, 3.8) is 0 Å². The van der Waals surface area contributed by atoms with Gasteiger partial charge in [0.2, 0.25) is 0 Å². The van der Waals surface area contributed by atoms with E-state index < -0.39 is 0 Å². The van der Waals surface area contributed by atoms with Gasteiger partial charge in [0.15, 0.2) is 0 Å². The van der Waals surface area contributed by atoms with Crippen LogP contribution in [0.4, 0.5) is 0 Å². The van der Waals surface area contributed by atoms with Gasteiger partial charge < -0.3 is 5.32 Å². The highest BCUT2D eigenvalue weighted by molar-refractivity contribution is 5.35. The molecule has 4 nitrogen and oxygen atoms in total. The minimum absolute atomic E-state index is 0.586. The summed E-state index contributed by atoms with van der Waals surface area (Å²) in [5.74, 6) is 0. The Hall–Kier alpha value is -1.65. The van der Waals surface area contributed by atoms with E-state index in [0.29, 0.717) is 6.04 Å². The number of hydrogen-bond acceptors (Lipinski definition) is 3. The lowest BCUT2D eigenvalue weighted by molar-refractivity contribution is 0.199. The van der Waals surface area contributed by atoms with Gasteiger partial charge in [-0.15, -0.1) is 0 Å². The Morgan fingerprint density at radius 3 is 3.11 bits per heavy atom. The lowest BCUT2D eigenvalue weighted by Gasteiger charge is -2.31. The van der Waals surface area contributed by atoms with Crippen molar-refractivity contribution in [2.75, 3.05) is 19.6 Å². The van der Waals surface area contributed by atoms with Gasteiger partial charge >= 0.3 is 0 Å². The summed E-state index contributed by atoms with van der Waals surface area (Å²) < 4.78 is 1.91. The largest absolute Gasteiger partial charge is 0.312 e. The highest BCUT2D eigenvalue weighted by Crippen LogP contribution is 2.12. The third-order valence-electron chi connectivity index (χ3n) is 3.54. The normalized spacial score (nSPS) is 20.6. The first-order valence-corrected chi connectivity index (χ1v) is 6.86. The van der Waals surface area contributed by atoms with Crippen LogP contribution in [0.15, 0.2) is 42.7 Å². The van der Waals surface area contributed by atoms with E-state index in [1.54, 1.807) is 0 Å². The first kappa shape index (κ1) is 12.4. The van der Waals surface area contributed by atoms with Gasteiger partial charge in [-0.1, -0.05) is 12.1 Å². The molecule has 4 heteroatoms. The molecule has 0 amide bonds. The third kappa shape index (κ3) is 3.03. The Balaban J connectivity index is 1.73. The fraction of sp³-hybridized carbons (Fsp3) is 0.400. The van der Waals surface area contributed by atoms with Gasteiger partial charge in [-0.3, -0.25) is 4.90 Å². The van der Waals surface area contributed by atoms with Gasteiger partial charge in [0.25, 0.3) is 0 Å². The minimum Gasteiger partial charge on any atom is -0.312 e. The standard InChI is InChI=1S/C15H20N4/c1-13-11-18(9-7-16-13)12-14-4-2-5-15(10-14)19-8-3-6-17-19/h2-6,8,10,13,16H,7,9,11-12H2,1H3/t13-/m1/s1. The molecule has 1 aromatic carbocycles. The fourth-order valence-electron chi connectivity index (χ4n) is 2.63. The number of benzene rings is 1. The first-order chi connectivity index (χ1) is 9.31. The van der Waals surface area contributed by atoms with Gasteiger partial charge in [0.05, 0.1) is 5.69 Å². The molecular formula is C15H20N4. The van der Waals surface area contributed by atoms with Crippen molar-refractivity contribution in [3.8, 4) is 5.69 Å². The van der Waals surface area contributed by atoms with E-state index in [0.717, 1.165) is 31.9 Å². The van der Waals surface area contributed by atoms with Gasteiger partial charge in [0, 0.05) is 44.6 Å². The van der Waals surface area contributed by atoms with Crippen LogP contribution in [0.1, 0.15) is 12.5 Å². The molecule has 0 spiro atoms. The van der Waals surface area contributed by atoms with Crippen LogP contribution in [0, 0.1) is 0 Å². The quantitative estimate of drug-likeness (QED) is 0.907. The highest BCUT2D eigenvalue weighted by atomic mass is 15.3. The van der Waals surface area contributed by atoms with Gasteiger partial charge in [-0.25, -0.2) is 4.68 Å². The van der Waals surface area contributed by atoms with Gasteiger partial charge in [-0.05, 0) is 30.7 Å². The Kier molecular flexibility index (Phi) is 3.62. The summed E-state index contributed by atoms with van der Waals surface area (Å²) in [5.41, 5.74) is 2.48. The average Bonchev–Trinajstić information content (AvgIpc) is 2.93. The second kappa shape index (κ2) is 5.55. The zero-order valence-electron chi connectivity index (χ0n) is 11.3. The summed E-state index contributed by atoms with van der Waals surface area (Å²) >= 11 is 0. The average molecular weight is 256 g/mol. The molecule has 0 aliphatic carbocycles. The molecule has 3 rings (SSSR count). The maximum atomic E-state index is 4.28. The van der Waals surface area contributed by atoms with Crippen molar-refractivity contribution in [1.82, 2.24) is 20.0 Å². The number of nitrogens with one attached hydrogen (secondary N) is 1. The summed E-state index contributed by atoms with van der Waals surface area (Å²) in [4.78, 5) is 2.50. The van der Waals surface area contributed by atoms with Crippen molar-refractivity contribution in [2.24, 2.45) is 0 Å². The number of rotatable bonds is 3. The van der Waals surface area contributed by atoms with E-state index >= 15 is 0 Å². The van der Waals surface area contributed by atoms with Crippen molar-refractivity contribution < 1.29 is 0 Å². The second-order valence-electron chi connectivity index (χ2n) is 5.21. The zero-order chi connectivity index (χ0) is 13.1. The molecule has 1 saturated heterocycles. The molecule has 2 heterocycles. The second-order valence-corrected chi connectivity index (χ2v) is 5.21. The zero-order valence-corrected chi connectivity index (χ0v) is 11.3. The van der Waals surface area contributed by atoms with Crippen molar-refractivity contribution in [3.05, 3.63) is 48.3 Å². The van der Waals surface area contributed by atoms with Gasteiger partial charge in [-0.2, -0.15) is 5.10 Å². The van der Waals surface area contributed by atoms with Crippen LogP contribution in [-0.4, -0.2) is 40.4 Å². The maximum Gasteiger partial charge on any atom is 0.0648 e. The summed E-state index contributed by atoms with van der Waals surface area (Å²) in [6, 6.07) is 11.2. The Labute approximate surface area is 114 Å². The Morgan fingerprint density at radius 2 is 2.32 bits per heavy atom. The van der Waals surface area contributed by atoms with Crippen LogP contribution < -0.4 is 5.32 Å². The molecule has 19 heavy (non-hydrogen) atoms. The number of nitrogens with zero attached hydrogens (tertiary/aromatic N) is 3. The van der Waals surface area contributed by atoms with E-state index in [1.807, 2.05) is 23.1 Å². The van der Waals surface area contributed by atoms with Crippen LogP contribution in [0.5, 0.6) is 0 Å².